The number of carbonyl (C=O) groups is 1. The lowest BCUT2D eigenvalue weighted by Gasteiger charge is -2.13. The monoisotopic (exact) mass is 199 g/mol. The van der Waals surface area contributed by atoms with Crippen LogP contribution in [0.5, 0.6) is 0 Å². The summed E-state index contributed by atoms with van der Waals surface area (Å²) < 4.78 is 0. The molecule has 0 spiro atoms. The molecule has 72 valence electrons. The molecule has 1 heterocycles. The molecule has 1 aromatic rings. The molecule has 0 bridgehead atoms. The number of aliphatic hydroxyl groups excluding tert-OH is 1. The number of rotatable bonds is 3. The fourth-order valence-electron chi connectivity index (χ4n) is 0.994. The van der Waals surface area contributed by atoms with Crippen molar-refractivity contribution in [3.63, 3.8) is 0 Å². The summed E-state index contributed by atoms with van der Waals surface area (Å²) >= 11 is 1.48. The van der Waals surface area contributed by atoms with E-state index in [4.69, 9.17) is 0 Å². The average Bonchev–Trinajstić information content (AvgIpc) is 2.49. The van der Waals surface area contributed by atoms with Gasteiger partial charge in [0.25, 0.3) is 0 Å². The van der Waals surface area contributed by atoms with Crippen LogP contribution >= 0.6 is 11.3 Å². The van der Waals surface area contributed by atoms with Crippen molar-refractivity contribution in [2.75, 3.05) is 0 Å². The Bertz CT molecular complexity index is 308. The lowest BCUT2D eigenvalue weighted by molar-refractivity contribution is -0.123. The van der Waals surface area contributed by atoms with E-state index in [0.29, 0.717) is 5.69 Å². The van der Waals surface area contributed by atoms with Crippen LogP contribution in [0.4, 0.5) is 0 Å². The lowest BCUT2D eigenvalue weighted by atomic mass is 9.99. The molecular formula is C9H13NO2S. The molecule has 0 aliphatic rings. The van der Waals surface area contributed by atoms with Crippen LogP contribution in [0.3, 0.4) is 0 Å². The Morgan fingerprint density at radius 3 is 2.69 bits per heavy atom. The summed E-state index contributed by atoms with van der Waals surface area (Å²) in [6.45, 7) is 5.06. The standard InChI is InChI=1S/C9H13NO2S/c1-5(6(2)11)9(12)8-4-13-7(3)10-8/h4-5,9,12H,1-3H3. The van der Waals surface area contributed by atoms with Gasteiger partial charge in [0.15, 0.2) is 0 Å². The third kappa shape index (κ3) is 2.35. The quantitative estimate of drug-likeness (QED) is 0.806. The van der Waals surface area contributed by atoms with Crippen molar-refractivity contribution < 1.29 is 9.90 Å². The Labute approximate surface area is 81.4 Å². The molecule has 0 radical (unpaired) electrons. The first-order valence-electron chi connectivity index (χ1n) is 4.13. The minimum Gasteiger partial charge on any atom is -0.386 e. The Hall–Kier alpha value is -0.740. The van der Waals surface area contributed by atoms with E-state index < -0.39 is 6.10 Å². The molecule has 0 saturated carbocycles. The van der Waals surface area contributed by atoms with E-state index in [2.05, 4.69) is 4.98 Å². The maximum absolute atomic E-state index is 11.0. The van der Waals surface area contributed by atoms with E-state index in [0.717, 1.165) is 5.01 Å². The Morgan fingerprint density at radius 2 is 2.31 bits per heavy atom. The first-order chi connectivity index (χ1) is 6.02. The van der Waals surface area contributed by atoms with Gasteiger partial charge in [0.2, 0.25) is 0 Å². The van der Waals surface area contributed by atoms with Crippen molar-refractivity contribution in [1.29, 1.82) is 0 Å². The molecule has 1 N–H and O–H groups in total. The molecule has 0 aliphatic carbocycles. The first kappa shape index (κ1) is 10.3. The molecule has 13 heavy (non-hydrogen) atoms. The van der Waals surface area contributed by atoms with Gasteiger partial charge in [0, 0.05) is 11.3 Å². The molecule has 1 aromatic heterocycles. The van der Waals surface area contributed by atoms with Crippen LogP contribution in [0.2, 0.25) is 0 Å². The molecule has 2 atom stereocenters. The second-order valence-corrected chi connectivity index (χ2v) is 4.20. The highest BCUT2D eigenvalue weighted by Gasteiger charge is 2.22. The minimum absolute atomic E-state index is 0.0156. The number of carbonyl (C=O) groups excluding carboxylic acids is 1. The molecular weight excluding hydrogens is 186 g/mol. The van der Waals surface area contributed by atoms with E-state index in [1.165, 1.54) is 18.3 Å². The maximum atomic E-state index is 11.0. The second kappa shape index (κ2) is 3.98. The van der Waals surface area contributed by atoms with Gasteiger partial charge < -0.3 is 5.11 Å². The molecule has 2 unspecified atom stereocenters. The number of hydrogen-bond acceptors (Lipinski definition) is 4. The number of thiazole rings is 1. The van der Waals surface area contributed by atoms with Crippen LogP contribution in [0.1, 0.15) is 30.7 Å². The highest BCUT2D eigenvalue weighted by molar-refractivity contribution is 7.09. The number of aryl methyl sites for hydroxylation is 1. The average molecular weight is 199 g/mol. The summed E-state index contributed by atoms with van der Waals surface area (Å²) in [5, 5.41) is 12.4. The number of aliphatic hydroxyl groups is 1. The van der Waals surface area contributed by atoms with Crippen molar-refractivity contribution in [3.05, 3.63) is 16.1 Å². The van der Waals surface area contributed by atoms with E-state index in [9.17, 15) is 9.90 Å². The van der Waals surface area contributed by atoms with Gasteiger partial charge in [0.05, 0.1) is 10.7 Å². The first-order valence-corrected chi connectivity index (χ1v) is 5.01. The Kier molecular flexibility index (Phi) is 3.17. The van der Waals surface area contributed by atoms with Crippen molar-refractivity contribution in [2.45, 2.75) is 26.9 Å². The van der Waals surface area contributed by atoms with Crippen LogP contribution in [0.15, 0.2) is 5.38 Å². The number of ketones is 1. The van der Waals surface area contributed by atoms with Gasteiger partial charge in [-0.05, 0) is 13.8 Å². The van der Waals surface area contributed by atoms with E-state index >= 15 is 0 Å². The molecule has 0 aliphatic heterocycles. The zero-order valence-electron chi connectivity index (χ0n) is 7.94. The molecule has 1 rings (SSSR count). The van der Waals surface area contributed by atoms with Gasteiger partial charge in [-0.3, -0.25) is 4.79 Å². The summed E-state index contributed by atoms with van der Waals surface area (Å²) in [4.78, 5) is 15.1. The number of Topliss-reactive ketones (excluding diaryl/α,β-unsaturated/α-hetero) is 1. The Morgan fingerprint density at radius 1 is 1.69 bits per heavy atom. The summed E-state index contributed by atoms with van der Waals surface area (Å²) in [5.74, 6) is -0.389. The van der Waals surface area contributed by atoms with Gasteiger partial charge in [-0.15, -0.1) is 11.3 Å². The molecule has 0 aromatic carbocycles. The highest BCUT2D eigenvalue weighted by atomic mass is 32.1. The van der Waals surface area contributed by atoms with Gasteiger partial charge >= 0.3 is 0 Å². The van der Waals surface area contributed by atoms with Crippen LogP contribution in [-0.4, -0.2) is 15.9 Å². The fraction of sp³-hybridized carbons (Fsp3) is 0.556. The van der Waals surface area contributed by atoms with E-state index in [1.807, 2.05) is 6.92 Å². The Balaban J connectivity index is 2.78. The zero-order chi connectivity index (χ0) is 10.0. The lowest BCUT2D eigenvalue weighted by Crippen LogP contribution is -2.16. The van der Waals surface area contributed by atoms with Crippen molar-refractivity contribution in [3.8, 4) is 0 Å². The van der Waals surface area contributed by atoms with Crippen molar-refractivity contribution >= 4 is 17.1 Å². The van der Waals surface area contributed by atoms with Crippen LogP contribution in [-0.2, 0) is 4.79 Å². The number of aromatic nitrogens is 1. The fourth-order valence-corrected chi connectivity index (χ4v) is 1.64. The molecule has 0 saturated heterocycles. The van der Waals surface area contributed by atoms with Gasteiger partial charge in [-0.1, -0.05) is 6.92 Å². The van der Waals surface area contributed by atoms with Crippen molar-refractivity contribution in [1.82, 2.24) is 4.98 Å². The maximum Gasteiger partial charge on any atom is 0.135 e. The molecule has 4 heteroatoms. The van der Waals surface area contributed by atoms with Crippen LogP contribution in [0.25, 0.3) is 0 Å². The molecule has 3 nitrogen and oxygen atoms in total. The van der Waals surface area contributed by atoms with E-state index in [-0.39, 0.29) is 11.7 Å². The third-order valence-electron chi connectivity index (χ3n) is 2.05. The highest BCUT2D eigenvalue weighted by Crippen LogP contribution is 2.23. The largest absolute Gasteiger partial charge is 0.386 e. The number of hydrogen-bond donors (Lipinski definition) is 1. The zero-order valence-corrected chi connectivity index (χ0v) is 8.76. The summed E-state index contributed by atoms with van der Waals surface area (Å²) in [5.41, 5.74) is 0.602. The van der Waals surface area contributed by atoms with Crippen molar-refractivity contribution in [2.24, 2.45) is 5.92 Å². The SMILES string of the molecule is CC(=O)C(C)C(O)c1csc(C)n1. The normalized spacial score (nSPS) is 15.4. The topological polar surface area (TPSA) is 50.2 Å². The number of nitrogens with zero attached hydrogens (tertiary/aromatic N) is 1. The molecule has 0 fully saturated rings. The second-order valence-electron chi connectivity index (χ2n) is 3.14. The van der Waals surface area contributed by atoms with Gasteiger partial charge in [-0.25, -0.2) is 4.98 Å². The summed E-state index contributed by atoms with van der Waals surface area (Å²) in [7, 11) is 0. The predicted octanol–water partition coefficient (Wildman–Crippen LogP) is 1.71. The smallest absolute Gasteiger partial charge is 0.135 e. The van der Waals surface area contributed by atoms with Crippen LogP contribution < -0.4 is 0 Å². The predicted molar refractivity (Wildman–Crippen MR) is 51.7 cm³/mol. The van der Waals surface area contributed by atoms with Gasteiger partial charge in [0.1, 0.15) is 11.9 Å². The van der Waals surface area contributed by atoms with E-state index in [1.54, 1.807) is 12.3 Å². The molecule has 0 amide bonds. The van der Waals surface area contributed by atoms with Gasteiger partial charge in [-0.2, -0.15) is 0 Å². The van der Waals surface area contributed by atoms with Crippen LogP contribution in [0, 0.1) is 12.8 Å². The third-order valence-corrected chi connectivity index (χ3v) is 2.85. The summed E-state index contributed by atoms with van der Waals surface area (Å²) in [6, 6.07) is 0. The summed E-state index contributed by atoms with van der Waals surface area (Å²) in [6.07, 6.45) is -0.762. The minimum atomic E-state index is -0.762.